The minimum absolute atomic E-state index is 0.0274. The molecule has 2 saturated carbocycles. The van der Waals surface area contributed by atoms with Gasteiger partial charge in [-0.25, -0.2) is 4.79 Å². The van der Waals surface area contributed by atoms with Gasteiger partial charge in [0.15, 0.2) is 5.13 Å². The summed E-state index contributed by atoms with van der Waals surface area (Å²) in [6.45, 7) is 2.25. The molecule has 0 aliphatic heterocycles. The van der Waals surface area contributed by atoms with Gasteiger partial charge in [-0.15, -0.1) is 11.3 Å². The third kappa shape index (κ3) is 3.73. The first-order chi connectivity index (χ1) is 12.6. The molecule has 4 rings (SSSR count). The zero-order valence-electron chi connectivity index (χ0n) is 15.2. The van der Waals surface area contributed by atoms with Crippen molar-refractivity contribution in [2.75, 3.05) is 0 Å². The van der Waals surface area contributed by atoms with E-state index in [-0.39, 0.29) is 17.2 Å². The largest absolute Gasteiger partial charge is 0.458 e. The van der Waals surface area contributed by atoms with Gasteiger partial charge in [0.05, 0.1) is 10.6 Å². The molecule has 0 saturated heterocycles. The molecule has 0 radical (unpaired) electrons. The number of nitrogens with one attached hydrogen (secondary N) is 1. The summed E-state index contributed by atoms with van der Waals surface area (Å²) in [4.78, 5) is 16.8. The molecule has 5 heteroatoms. The van der Waals surface area contributed by atoms with Crippen molar-refractivity contribution in [3.05, 3.63) is 34.6 Å². The number of carbonyl (C=O) groups is 1. The van der Waals surface area contributed by atoms with E-state index >= 15 is 0 Å². The number of thiophene rings is 1. The van der Waals surface area contributed by atoms with E-state index in [1.54, 1.807) is 6.07 Å². The molecule has 1 N–H and O–H groups in total. The predicted molar refractivity (Wildman–Crippen MR) is 102 cm³/mol. The lowest BCUT2D eigenvalue weighted by Crippen LogP contribution is -2.23. The Morgan fingerprint density at radius 2 is 1.88 bits per heavy atom. The Kier molecular flexibility index (Phi) is 5.16. The standard InChI is InChI=1S/C21H26FNO2S/c1-13-6-8-15(9-7-13)25-21(24)17-12-16(14-4-2-3-5-14)20(23-17)18-10-11-19(22)26-18/h10-15,23H,2-9H2,1H3. The van der Waals surface area contributed by atoms with Crippen LogP contribution < -0.4 is 0 Å². The average Bonchev–Trinajstić information content (AvgIpc) is 3.35. The van der Waals surface area contributed by atoms with Gasteiger partial charge in [-0.2, -0.15) is 4.39 Å². The van der Waals surface area contributed by atoms with Crippen molar-refractivity contribution < 1.29 is 13.9 Å². The Labute approximate surface area is 158 Å². The van der Waals surface area contributed by atoms with Crippen molar-refractivity contribution in [2.45, 2.75) is 70.3 Å². The van der Waals surface area contributed by atoms with E-state index in [2.05, 4.69) is 11.9 Å². The molecule has 0 bridgehead atoms. The molecule has 0 spiro atoms. The van der Waals surface area contributed by atoms with Gasteiger partial charge in [0, 0.05) is 0 Å². The smallest absolute Gasteiger partial charge is 0.355 e. The van der Waals surface area contributed by atoms with Crippen molar-refractivity contribution in [3.63, 3.8) is 0 Å². The maximum absolute atomic E-state index is 13.5. The quantitative estimate of drug-likeness (QED) is 0.639. The molecule has 0 unspecified atom stereocenters. The van der Waals surface area contributed by atoms with Crippen LogP contribution in [0.4, 0.5) is 4.39 Å². The first kappa shape index (κ1) is 17.8. The summed E-state index contributed by atoms with van der Waals surface area (Å²) >= 11 is 1.12. The number of esters is 1. The van der Waals surface area contributed by atoms with Crippen LogP contribution in [0.1, 0.15) is 80.3 Å². The molecule has 2 heterocycles. The molecule has 2 aromatic heterocycles. The van der Waals surface area contributed by atoms with Gasteiger partial charge in [0.1, 0.15) is 11.8 Å². The number of carbonyl (C=O) groups excluding carboxylic acids is 1. The van der Waals surface area contributed by atoms with Gasteiger partial charge >= 0.3 is 5.97 Å². The maximum atomic E-state index is 13.5. The zero-order chi connectivity index (χ0) is 18.1. The summed E-state index contributed by atoms with van der Waals surface area (Å²) in [6.07, 6.45) is 8.87. The van der Waals surface area contributed by atoms with Crippen molar-refractivity contribution in [1.29, 1.82) is 0 Å². The number of halogens is 1. The molecule has 26 heavy (non-hydrogen) atoms. The van der Waals surface area contributed by atoms with Crippen LogP contribution in [0.15, 0.2) is 18.2 Å². The van der Waals surface area contributed by atoms with Crippen LogP contribution in [0.25, 0.3) is 10.6 Å². The third-order valence-electron chi connectivity index (χ3n) is 5.92. The number of aromatic amines is 1. The Morgan fingerprint density at radius 1 is 1.15 bits per heavy atom. The molecule has 0 atom stereocenters. The van der Waals surface area contributed by atoms with Gasteiger partial charge < -0.3 is 9.72 Å². The Morgan fingerprint density at radius 3 is 2.54 bits per heavy atom. The van der Waals surface area contributed by atoms with Crippen LogP contribution in [0.2, 0.25) is 0 Å². The molecular weight excluding hydrogens is 349 g/mol. The van der Waals surface area contributed by atoms with E-state index in [1.807, 2.05) is 6.07 Å². The first-order valence-corrected chi connectivity index (χ1v) is 10.6. The molecule has 2 fully saturated rings. The zero-order valence-corrected chi connectivity index (χ0v) is 16.0. The fraction of sp³-hybridized carbons (Fsp3) is 0.571. The average molecular weight is 376 g/mol. The number of hydrogen-bond acceptors (Lipinski definition) is 3. The highest BCUT2D eigenvalue weighted by Crippen LogP contribution is 2.41. The molecular formula is C21H26FNO2S. The molecule has 2 aliphatic rings. The highest BCUT2D eigenvalue weighted by molar-refractivity contribution is 7.13. The van der Waals surface area contributed by atoms with Crippen LogP contribution in [-0.2, 0) is 4.74 Å². The Hall–Kier alpha value is -1.62. The first-order valence-electron chi connectivity index (χ1n) is 9.79. The lowest BCUT2D eigenvalue weighted by molar-refractivity contribution is 0.0168. The highest BCUT2D eigenvalue weighted by atomic mass is 32.1. The summed E-state index contributed by atoms with van der Waals surface area (Å²) < 4.78 is 19.3. The van der Waals surface area contributed by atoms with Gasteiger partial charge in [0.25, 0.3) is 0 Å². The fourth-order valence-electron chi connectivity index (χ4n) is 4.35. The monoisotopic (exact) mass is 375 g/mol. The summed E-state index contributed by atoms with van der Waals surface area (Å²) in [5.41, 5.74) is 2.55. The number of ether oxygens (including phenoxy) is 1. The molecule has 140 valence electrons. The summed E-state index contributed by atoms with van der Waals surface area (Å²) in [6, 6.07) is 5.24. The van der Waals surface area contributed by atoms with E-state index in [0.717, 1.165) is 71.9 Å². The van der Waals surface area contributed by atoms with Crippen LogP contribution in [-0.4, -0.2) is 17.1 Å². The summed E-state index contributed by atoms with van der Waals surface area (Å²) in [5, 5.41) is -0.201. The number of hydrogen-bond donors (Lipinski definition) is 1. The molecule has 3 nitrogen and oxygen atoms in total. The molecule has 2 aliphatic carbocycles. The van der Waals surface area contributed by atoms with E-state index in [4.69, 9.17) is 4.74 Å². The predicted octanol–water partition coefficient (Wildman–Crippen LogP) is 6.28. The van der Waals surface area contributed by atoms with E-state index in [0.29, 0.717) is 11.6 Å². The molecule has 0 aromatic carbocycles. The third-order valence-corrected chi connectivity index (χ3v) is 6.81. The van der Waals surface area contributed by atoms with Crippen LogP contribution in [0.5, 0.6) is 0 Å². The minimum Gasteiger partial charge on any atom is -0.458 e. The topological polar surface area (TPSA) is 42.1 Å². The second-order valence-electron chi connectivity index (χ2n) is 7.89. The Balaban J connectivity index is 1.57. The number of rotatable bonds is 4. The van der Waals surface area contributed by atoms with E-state index in [9.17, 15) is 9.18 Å². The number of H-pyrrole nitrogens is 1. The van der Waals surface area contributed by atoms with Gasteiger partial charge in [-0.1, -0.05) is 19.8 Å². The normalized spacial score (nSPS) is 24.1. The van der Waals surface area contributed by atoms with E-state index < -0.39 is 0 Å². The van der Waals surface area contributed by atoms with Gasteiger partial charge in [-0.05, 0) is 74.1 Å². The highest BCUT2D eigenvalue weighted by Gasteiger charge is 2.27. The molecule has 2 aromatic rings. The maximum Gasteiger partial charge on any atom is 0.355 e. The van der Waals surface area contributed by atoms with Gasteiger partial charge in [-0.3, -0.25) is 0 Å². The molecule has 0 amide bonds. The second-order valence-corrected chi connectivity index (χ2v) is 8.92. The fourth-order valence-corrected chi connectivity index (χ4v) is 5.11. The minimum atomic E-state index is -0.271. The Bertz CT molecular complexity index is 767. The van der Waals surface area contributed by atoms with Crippen LogP contribution in [0.3, 0.4) is 0 Å². The lowest BCUT2D eigenvalue weighted by Gasteiger charge is -2.25. The number of aromatic nitrogens is 1. The van der Waals surface area contributed by atoms with Crippen molar-refractivity contribution in [2.24, 2.45) is 5.92 Å². The second kappa shape index (κ2) is 7.55. The van der Waals surface area contributed by atoms with Crippen LogP contribution >= 0.6 is 11.3 Å². The lowest BCUT2D eigenvalue weighted by atomic mass is 9.89. The van der Waals surface area contributed by atoms with Crippen LogP contribution in [0, 0.1) is 11.0 Å². The van der Waals surface area contributed by atoms with E-state index in [1.165, 1.54) is 18.9 Å². The van der Waals surface area contributed by atoms with Crippen molar-refractivity contribution in [3.8, 4) is 10.6 Å². The SMILES string of the molecule is CC1CCC(OC(=O)c2cc(C3CCCC3)c(-c3ccc(F)s3)[nH]2)CC1. The summed E-state index contributed by atoms with van der Waals surface area (Å²) in [5.74, 6) is 0.903. The summed E-state index contributed by atoms with van der Waals surface area (Å²) in [7, 11) is 0. The van der Waals surface area contributed by atoms with Crippen molar-refractivity contribution in [1.82, 2.24) is 4.98 Å². The van der Waals surface area contributed by atoms with Gasteiger partial charge in [0.2, 0.25) is 0 Å². The van der Waals surface area contributed by atoms with Crippen molar-refractivity contribution >= 4 is 17.3 Å².